The zero-order valence-corrected chi connectivity index (χ0v) is 19.1. The molecular weight excluding hydrogens is 426 g/mol. The minimum absolute atomic E-state index is 0.398. The van der Waals surface area contributed by atoms with Gasteiger partial charge in [-0.15, -0.1) is 0 Å². The number of pyridine rings is 1. The summed E-state index contributed by atoms with van der Waals surface area (Å²) in [7, 11) is 0.850. The van der Waals surface area contributed by atoms with Gasteiger partial charge in [0, 0.05) is 50.1 Å². The van der Waals surface area contributed by atoms with Gasteiger partial charge in [-0.3, -0.25) is 10.0 Å². The molecule has 1 unspecified atom stereocenters. The fraction of sp³-hybridized carbons (Fsp3) is 0.391. The molecule has 170 valence electrons. The summed E-state index contributed by atoms with van der Waals surface area (Å²) in [5.74, 6) is 0.511. The van der Waals surface area contributed by atoms with Crippen molar-refractivity contribution in [3.8, 4) is 11.1 Å². The van der Waals surface area contributed by atoms with Crippen LogP contribution in [-0.2, 0) is 15.8 Å². The topological polar surface area (TPSA) is 89.0 Å². The Hall–Kier alpha value is -2.59. The van der Waals surface area contributed by atoms with E-state index in [1.807, 2.05) is 30.5 Å². The summed E-state index contributed by atoms with van der Waals surface area (Å²) in [4.78, 5) is 21.6. The van der Waals surface area contributed by atoms with Crippen LogP contribution in [0.15, 0.2) is 59.1 Å². The van der Waals surface area contributed by atoms with Crippen LogP contribution in [0.1, 0.15) is 12.8 Å². The maximum absolute atomic E-state index is 12.9. The molecule has 3 heterocycles. The third-order valence-corrected chi connectivity index (χ3v) is 7.46. The summed E-state index contributed by atoms with van der Waals surface area (Å²) >= 11 is 0. The zero-order chi connectivity index (χ0) is 22.5. The van der Waals surface area contributed by atoms with Crippen molar-refractivity contribution < 1.29 is 14.2 Å². The quantitative estimate of drug-likeness (QED) is 0.530. The summed E-state index contributed by atoms with van der Waals surface area (Å²) in [6.45, 7) is 5.07. The molecule has 1 saturated heterocycles. The summed E-state index contributed by atoms with van der Waals surface area (Å²) < 4.78 is 14.7. The average molecular weight is 456 g/mol. The van der Waals surface area contributed by atoms with Crippen LogP contribution < -0.4 is 10.4 Å². The monoisotopic (exact) mass is 455 g/mol. The molecule has 2 N–H and O–H groups in total. The Morgan fingerprint density at radius 2 is 1.81 bits per heavy atom. The van der Waals surface area contributed by atoms with Gasteiger partial charge < -0.3 is 9.80 Å². The Kier molecular flexibility index (Phi) is 7.31. The fourth-order valence-corrected chi connectivity index (χ4v) is 5.15. The molecule has 8 nitrogen and oxygen atoms in total. The highest BCUT2D eigenvalue weighted by Crippen LogP contribution is 2.24. The Balaban J connectivity index is 1.40. The zero-order valence-electron chi connectivity index (χ0n) is 18.2. The van der Waals surface area contributed by atoms with Gasteiger partial charge in [-0.2, -0.15) is 0 Å². The van der Waals surface area contributed by atoms with Crippen LogP contribution in [0.4, 0.5) is 5.82 Å². The Bertz CT molecular complexity index is 994. The number of benzene rings is 1. The van der Waals surface area contributed by atoms with Crippen molar-refractivity contribution in [3.05, 3.63) is 54.2 Å². The molecule has 1 amide bonds. The van der Waals surface area contributed by atoms with Crippen LogP contribution >= 0.6 is 0 Å². The molecule has 9 heteroatoms. The molecule has 0 bridgehead atoms. The minimum Gasteiger partial charge on any atom is -0.355 e. The van der Waals surface area contributed by atoms with E-state index in [2.05, 4.69) is 34.0 Å². The largest absolute Gasteiger partial charge is 0.355 e. The first-order chi connectivity index (χ1) is 15.5. The average Bonchev–Trinajstić information content (AvgIpc) is 3.08. The highest BCUT2D eigenvalue weighted by molar-refractivity contribution is 7.82. The number of rotatable bonds is 5. The smallest absolute Gasteiger partial charge is 0.270 e. The van der Waals surface area contributed by atoms with Crippen LogP contribution in [0.3, 0.4) is 0 Å². The predicted molar refractivity (Wildman–Crippen MR) is 125 cm³/mol. The number of amides is 1. The van der Waals surface area contributed by atoms with Crippen LogP contribution in [0.25, 0.3) is 11.1 Å². The lowest BCUT2D eigenvalue weighted by Crippen LogP contribution is -2.34. The van der Waals surface area contributed by atoms with Crippen molar-refractivity contribution in [1.29, 1.82) is 0 Å². The van der Waals surface area contributed by atoms with Gasteiger partial charge in [0.05, 0.1) is 4.90 Å². The molecule has 4 rings (SSSR count). The summed E-state index contributed by atoms with van der Waals surface area (Å²) in [5.41, 5.74) is 4.22. The molecule has 2 aliphatic rings. The van der Waals surface area contributed by atoms with Crippen molar-refractivity contribution >= 4 is 22.7 Å². The number of aromatic nitrogens is 1. The predicted octanol–water partition coefficient (Wildman–Crippen LogP) is 2.05. The summed E-state index contributed by atoms with van der Waals surface area (Å²) in [6.07, 6.45) is 5.19. The van der Waals surface area contributed by atoms with Crippen molar-refractivity contribution in [2.24, 2.45) is 0 Å². The maximum atomic E-state index is 12.9. The first kappa shape index (κ1) is 22.6. The lowest BCUT2D eigenvalue weighted by Gasteiger charge is -2.24. The number of likely N-dealkylation sites (N-methyl/N-ethyl adjacent to an activating group) is 1. The van der Waals surface area contributed by atoms with E-state index in [-0.39, 0.29) is 0 Å². The van der Waals surface area contributed by atoms with E-state index in [1.165, 1.54) is 0 Å². The lowest BCUT2D eigenvalue weighted by molar-refractivity contribution is -0.125. The molecule has 0 aliphatic carbocycles. The molecule has 1 aromatic carbocycles. The van der Waals surface area contributed by atoms with E-state index in [4.69, 9.17) is 5.21 Å². The van der Waals surface area contributed by atoms with E-state index >= 15 is 0 Å². The van der Waals surface area contributed by atoms with E-state index in [0.29, 0.717) is 25.1 Å². The maximum Gasteiger partial charge on any atom is 0.270 e. The second kappa shape index (κ2) is 10.4. The second-order valence-corrected chi connectivity index (χ2v) is 9.62. The lowest BCUT2D eigenvalue weighted by atomic mass is 10.1. The number of hydroxylamine groups is 1. The molecule has 2 aromatic rings. The molecule has 1 fully saturated rings. The van der Waals surface area contributed by atoms with E-state index in [9.17, 15) is 9.00 Å². The molecule has 0 radical (unpaired) electrons. The highest BCUT2D eigenvalue weighted by atomic mass is 32.2. The van der Waals surface area contributed by atoms with Crippen molar-refractivity contribution in [3.63, 3.8) is 0 Å². The third kappa shape index (κ3) is 5.24. The molecule has 0 spiro atoms. The van der Waals surface area contributed by atoms with Gasteiger partial charge in [0.25, 0.3) is 5.91 Å². The van der Waals surface area contributed by atoms with Crippen molar-refractivity contribution in [2.75, 3.05) is 51.2 Å². The SMILES string of the molecule is CN1CCCN(c2ccc(-c3ccc(S(=O)N4CC=C(C(=O)NO)CC4)cc3)cn2)CC1. The number of anilines is 1. The molecule has 32 heavy (non-hydrogen) atoms. The van der Waals surface area contributed by atoms with Crippen LogP contribution in [0.5, 0.6) is 0 Å². The Labute approximate surface area is 191 Å². The fourth-order valence-electron chi connectivity index (χ4n) is 4.01. The van der Waals surface area contributed by atoms with Crippen molar-refractivity contribution in [2.45, 2.75) is 17.7 Å². The number of hydrogen-bond donors (Lipinski definition) is 2. The number of carbonyl (C=O) groups is 1. The van der Waals surface area contributed by atoms with Gasteiger partial charge in [0.15, 0.2) is 0 Å². The van der Waals surface area contributed by atoms with E-state index < -0.39 is 16.9 Å². The Morgan fingerprint density at radius 1 is 1.03 bits per heavy atom. The molecule has 0 saturated carbocycles. The number of hydrogen-bond acceptors (Lipinski definition) is 6. The van der Waals surface area contributed by atoms with Crippen LogP contribution in [-0.4, -0.2) is 75.8 Å². The van der Waals surface area contributed by atoms with Gasteiger partial charge in [-0.05, 0) is 56.3 Å². The standard InChI is InChI=1S/C23H29N5O3S/c1-26-11-2-12-27(16-15-26)22-8-5-20(17-24-22)18-3-6-21(7-4-18)32(31)28-13-9-19(10-14-28)23(29)25-30/h3-9,17,30H,2,10-16H2,1H3,(H,25,29). The molecule has 1 aromatic heterocycles. The molecule has 2 aliphatic heterocycles. The highest BCUT2D eigenvalue weighted by Gasteiger charge is 2.21. The van der Waals surface area contributed by atoms with E-state index in [1.54, 1.807) is 15.9 Å². The summed E-state index contributed by atoms with van der Waals surface area (Å²) in [6, 6.07) is 11.9. The number of nitrogens with one attached hydrogen (secondary N) is 1. The Morgan fingerprint density at radius 3 is 2.47 bits per heavy atom. The van der Waals surface area contributed by atoms with E-state index in [0.717, 1.165) is 54.4 Å². The number of carbonyl (C=O) groups excluding carboxylic acids is 1. The summed E-state index contributed by atoms with van der Waals surface area (Å²) in [5, 5.41) is 8.74. The normalized spacial score (nSPS) is 19.2. The number of nitrogens with zero attached hydrogens (tertiary/aromatic N) is 4. The minimum atomic E-state index is -1.31. The third-order valence-electron chi connectivity index (χ3n) is 5.98. The van der Waals surface area contributed by atoms with Gasteiger partial charge >= 0.3 is 0 Å². The van der Waals surface area contributed by atoms with Crippen LogP contribution in [0, 0.1) is 0 Å². The molecule has 1 atom stereocenters. The van der Waals surface area contributed by atoms with Gasteiger partial charge in [-0.25, -0.2) is 19.0 Å². The van der Waals surface area contributed by atoms with Gasteiger partial charge in [0.2, 0.25) is 0 Å². The van der Waals surface area contributed by atoms with Gasteiger partial charge in [-0.1, -0.05) is 18.2 Å². The van der Waals surface area contributed by atoms with Gasteiger partial charge in [0.1, 0.15) is 16.8 Å². The first-order valence-corrected chi connectivity index (χ1v) is 12.0. The van der Waals surface area contributed by atoms with Crippen molar-refractivity contribution in [1.82, 2.24) is 19.7 Å². The first-order valence-electron chi connectivity index (χ1n) is 10.9. The van der Waals surface area contributed by atoms with Crippen LogP contribution in [0.2, 0.25) is 0 Å². The molecular formula is C23H29N5O3S. The second-order valence-electron chi connectivity index (χ2n) is 8.13.